The number of nitrogens with zero attached hydrogens (tertiary/aromatic N) is 1. The van der Waals surface area contributed by atoms with Crippen molar-refractivity contribution in [3.05, 3.63) is 77.4 Å². The van der Waals surface area contributed by atoms with Gasteiger partial charge in [0, 0.05) is 24.8 Å². The SMILES string of the molecule is CC1Oc2ccc(NC(C)c3cccc(CNCc4ccc5c(c4)N=C(N)C(C)O5)c3)cc2NC1=O. The molecule has 0 radical (unpaired) electrons. The molecule has 0 saturated carbocycles. The molecule has 0 spiro atoms. The summed E-state index contributed by atoms with van der Waals surface area (Å²) in [5.41, 5.74) is 11.8. The zero-order valence-corrected chi connectivity index (χ0v) is 20.7. The van der Waals surface area contributed by atoms with Crippen molar-refractivity contribution in [2.45, 2.75) is 52.1 Å². The number of hydrogen-bond donors (Lipinski definition) is 4. The fraction of sp³-hybridized carbons (Fsp3) is 0.286. The second-order valence-electron chi connectivity index (χ2n) is 9.27. The van der Waals surface area contributed by atoms with E-state index in [1.54, 1.807) is 6.92 Å². The van der Waals surface area contributed by atoms with Gasteiger partial charge in [0.2, 0.25) is 0 Å². The molecule has 186 valence electrons. The van der Waals surface area contributed by atoms with E-state index in [1.807, 2.05) is 43.3 Å². The van der Waals surface area contributed by atoms with Crippen LogP contribution in [0.15, 0.2) is 65.7 Å². The van der Waals surface area contributed by atoms with Crippen molar-refractivity contribution in [3.63, 3.8) is 0 Å². The van der Waals surface area contributed by atoms with E-state index in [0.717, 1.165) is 29.2 Å². The van der Waals surface area contributed by atoms with Gasteiger partial charge in [-0.05, 0) is 67.8 Å². The Hall–Kier alpha value is -4.04. The fourth-order valence-electron chi connectivity index (χ4n) is 4.30. The highest BCUT2D eigenvalue weighted by Crippen LogP contribution is 2.34. The predicted molar refractivity (Wildman–Crippen MR) is 142 cm³/mol. The first kappa shape index (κ1) is 23.7. The van der Waals surface area contributed by atoms with Crippen molar-refractivity contribution in [3.8, 4) is 11.5 Å². The fourth-order valence-corrected chi connectivity index (χ4v) is 4.30. The van der Waals surface area contributed by atoms with Crippen molar-refractivity contribution >= 4 is 28.8 Å². The topological polar surface area (TPSA) is 110 Å². The maximum atomic E-state index is 11.9. The lowest BCUT2D eigenvalue weighted by Crippen LogP contribution is -2.34. The smallest absolute Gasteiger partial charge is 0.265 e. The van der Waals surface area contributed by atoms with E-state index in [1.165, 1.54) is 11.1 Å². The second-order valence-corrected chi connectivity index (χ2v) is 9.27. The van der Waals surface area contributed by atoms with Crippen LogP contribution in [0.4, 0.5) is 17.1 Å². The summed E-state index contributed by atoms with van der Waals surface area (Å²) in [6.45, 7) is 7.19. The largest absolute Gasteiger partial charge is 0.481 e. The van der Waals surface area contributed by atoms with Crippen molar-refractivity contribution in [1.82, 2.24) is 5.32 Å². The van der Waals surface area contributed by atoms with Gasteiger partial charge in [-0.1, -0.05) is 30.3 Å². The number of carbonyl (C=O) groups is 1. The molecule has 2 heterocycles. The third kappa shape index (κ3) is 5.13. The summed E-state index contributed by atoms with van der Waals surface area (Å²) in [6.07, 6.45) is -0.680. The maximum absolute atomic E-state index is 11.9. The van der Waals surface area contributed by atoms with Gasteiger partial charge in [0.15, 0.2) is 12.2 Å². The average Bonchev–Trinajstić information content (AvgIpc) is 2.86. The lowest BCUT2D eigenvalue weighted by molar-refractivity contribution is -0.122. The van der Waals surface area contributed by atoms with Crippen LogP contribution in [-0.2, 0) is 17.9 Å². The third-order valence-corrected chi connectivity index (χ3v) is 6.40. The highest BCUT2D eigenvalue weighted by molar-refractivity contribution is 5.98. The van der Waals surface area contributed by atoms with Gasteiger partial charge in [-0.2, -0.15) is 0 Å². The van der Waals surface area contributed by atoms with Gasteiger partial charge < -0.3 is 31.2 Å². The Morgan fingerprint density at radius 2 is 1.72 bits per heavy atom. The normalized spacial score (nSPS) is 19.1. The summed E-state index contributed by atoms with van der Waals surface area (Å²) in [5.74, 6) is 1.81. The number of ether oxygens (including phenoxy) is 2. The standard InChI is InChI=1S/C28H31N5O3/c1-16(31-22-8-10-26-24(13-22)33-28(34)18(3)36-26)21-6-4-5-19(11-21)14-30-15-20-7-9-25-23(12-20)32-27(29)17(2)35-25/h4-13,16-18,30-31H,14-15H2,1-3H3,(H2,29,32)(H,33,34). The number of aliphatic imine (C=N–C) groups is 1. The zero-order valence-electron chi connectivity index (χ0n) is 20.7. The Labute approximate surface area is 210 Å². The molecule has 3 unspecified atom stereocenters. The van der Waals surface area contributed by atoms with Gasteiger partial charge in [0.05, 0.1) is 5.69 Å². The van der Waals surface area contributed by atoms with Crippen LogP contribution in [0, 0.1) is 0 Å². The van der Waals surface area contributed by atoms with Gasteiger partial charge in [0.25, 0.3) is 5.91 Å². The van der Waals surface area contributed by atoms with Crippen LogP contribution in [0.1, 0.15) is 43.5 Å². The Morgan fingerprint density at radius 3 is 2.56 bits per heavy atom. The zero-order chi connectivity index (χ0) is 25.2. The summed E-state index contributed by atoms with van der Waals surface area (Å²) < 4.78 is 11.4. The minimum Gasteiger partial charge on any atom is -0.481 e. The molecule has 5 N–H and O–H groups in total. The molecular formula is C28H31N5O3. The van der Waals surface area contributed by atoms with E-state index in [-0.39, 0.29) is 18.1 Å². The van der Waals surface area contributed by atoms with Crippen molar-refractivity contribution in [2.75, 3.05) is 10.6 Å². The van der Waals surface area contributed by atoms with Gasteiger partial charge in [-0.15, -0.1) is 0 Å². The van der Waals surface area contributed by atoms with E-state index in [9.17, 15) is 4.79 Å². The van der Waals surface area contributed by atoms with Crippen molar-refractivity contribution in [2.24, 2.45) is 10.7 Å². The molecule has 0 fully saturated rings. The van der Waals surface area contributed by atoms with Crippen molar-refractivity contribution in [1.29, 1.82) is 0 Å². The van der Waals surface area contributed by atoms with Crippen LogP contribution >= 0.6 is 0 Å². The van der Waals surface area contributed by atoms with Gasteiger partial charge in [0.1, 0.15) is 23.0 Å². The predicted octanol–water partition coefficient (Wildman–Crippen LogP) is 4.64. The monoisotopic (exact) mass is 485 g/mol. The first-order valence-corrected chi connectivity index (χ1v) is 12.2. The van der Waals surface area contributed by atoms with Crippen LogP contribution in [0.2, 0.25) is 0 Å². The molecule has 2 aliphatic heterocycles. The van der Waals surface area contributed by atoms with Crippen LogP contribution in [0.25, 0.3) is 0 Å². The summed E-state index contributed by atoms with van der Waals surface area (Å²) in [7, 11) is 0. The lowest BCUT2D eigenvalue weighted by atomic mass is 10.0. The minimum absolute atomic E-state index is 0.0773. The Morgan fingerprint density at radius 1 is 0.972 bits per heavy atom. The molecule has 3 aromatic carbocycles. The molecule has 5 rings (SSSR count). The molecule has 2 aliphatic rings. The molecule has 0 aromatic heterocycles. The maximum Gasteiger partial charge on any atom is 0.265 e. The Kier molecular flexibility index (Phi) is 6.52. The van der Waals surface area contributed by atoms with E-state index in [4.69, 9.17) is 15.2 Å². The number of amides is 1. The molecule has 3 atom stereocenters. The number of nitrogens with two attached hydrogens (primary N) is 1. The first-order chi connectivity index (χ1) is 17.4. The van der Waals surface area contributed by atoms with E-state index < -0.39 is 6.10 Å². The van der Waals surface area contributed by atoms with E-state index in [0.29, 0.717) is 23.8 Å². The number of carbonyl (C=O) groups excluding carboxylic acids is 1. The number of hydrogen-bond acceptors (Lipinski definition) is 7. The van der Waals surface area contributed by atoms with Gasteiger partial charge in [-0.25, -0.2) is 4.99 Å². The molecule has 36 heavy (non-hydrogen) atoms. The van der Waals surface area contributed by atoms with E-state index >= 15 is 0 Å². The van der Waals surface area contributed by atoms with E-state index in [2.05, 4.69) is 52.1 Å². The molecule has 0 saturated heterocycles. The number of fused-ring (bicyclic) bond motifs is 2. The second kappa shape index (κ2) is 9.91. The summed E-state index contributed by atoms with van der Waals surface area (Å²) in [4.78, 5) is 16.4. The number of nitrogens with one attached hydrogen (secondary N) is 3. The van der Waals surface area contributed by atoms with Crippen LogP contribution in [0.5, 0.6) is 11.5 Å². The van der Waals surface area contributed by atoms with Gasteiger partial charge >= 0.3 is 0 Å². The highest BCUT2D eigenvalue weighted by Gasteiger charge is 2.23. The number of benzene rings is 3. The molecule has 8 nitrogen and oxygen atoms in total. The minimum atomic E-state index is -0.482. The van der Waals surface area contributed by atoms with Crippen molar-refractivity contribution < 1.29 is 14.3 Å². The molecule has 1 amide bonds. The summed E-state index contributed by atoms with van der Waals surface area (Å²) in [5, 5.41) is 9.92. The lowest BCUT2D eigenvalue weighted by Gasteiger charge is -2.24. The molecule has 0 bridgehead atoms. The molecular weight excluding hydrogens is 454 g/mol. The quantitative estimate of drug-likeness (QED) is 0.388. The number of rotatable bonds is 7. The first-order valence-electron chi connectivity index (χ1n) is 12.2. The Bertz CT molecular complexity index is 1320. The summed E-state index contributed by atoms with van der Waals surface area (Å²) in [6, 6.07) is 20.3. The average molecular weight is 486 g/mol. The molecule has 0 aliphatic carbocycles. The summed E-state index contributed by atoms with van der Waals surface area (Å²) >= 11 is 0. The molecule has 3 aromatic rings. The van der Waals surface area contributed by atoms with Gasteiger partial charge in [-0.3, -0.25) is 4.79 Å². The third-order valence-electron chi connectivity index (χ3n) is 6.40. The number of anilines is 2. The molecule has 8 heteroatoms. The van der Waals surface area contributed by atoms with Crippen LogP contribution in [-0.4, -0.2) is 24.0 Å². The highest BCUT2D eigenvalue weighted by atomic mass is 16.5. The van der Waals surface area contributed by atoms with Crippen LogP contribution < -0.4 is 31.2 Å². The number of amidine groups is 1. The Balaban J connectivity index is 1.19. The van der Waals surface area contributed by atoms with Crippen LogP contribution in [0.3, 0.4) is 0 Å².